The topological polar surface area (TPSA) is 57.4 Å². The first-order valence-corrected chi connectivity index (χ1v) is 11.7. The molecule has 0 spiro atoms. The lowest BCUT2D eigenvalue weighted by Gasteiger charge is -2.36. The number of nitrogens with one attached hydrogen (secondary N) is 2. The first-order chi connectivity index (χ1) is 14.5. The van der Waals surface area contributed by atoms with E-state index in [1.54, 1.807) is 0 Å². The number of pyridine rings is 1. The van der Waals surface area contributed by atoms with Crippen LogP contribution in [0.2, 0.25) is 0 Å². The van der Waals surface area contributed by atoms with Gasteiger partial charge in [0.05, 0.1) is 18.2 Å². The molecule has 0 amide bonds. The molecule has 2 N–H and O–H groups in total. The summed E-state index contributed by atoms with van der Waals surface area (Å²) >= 11 is 5.81. The Bertz CT molecular complexity index is 959. The van der Waals surface area contributed by atoms with E-state index >= 15 is 0 Å². The highest BCUT2D eigenvalue weighted by molar-refractivity contribution is 7.80. The quantitative estimate of drug-likeness (QED) is 0.696. The van der Waals surface area contributed by atoms with E-state index < -0.39 is 0 Å². The minimum atomic E-state index is -0.0149. The van der Waals surface area contributed by atoms with E-state index in [1.807, 2.05) is 6.07 Å². The van der Waals surface area contributed by atoms with E-state index in [1.165, 1.54) is 24.8 Å². The van der Waals surface area contributed by atoms with Crippen molar-refractivity contribution in [3.05, 3.63) is 45.2 Å². The molecule has 162 valence electrons. The smallest absolute Gasteiger partial charge is 0.253 e. The van der Waals surface area contributed by atoms with Crippen molar-refractivity contribution in [3.63, 3.8) is 0 Å². The van der Waals surface area contributed by atoms with Gasteiger partial charge in [0, 0.05) is 24.8 Å². The summed E-state index contributed by atoms with van der Waals surface area (Å²) in [5.74, 6) is 0. The first-order valence-electron chi connectivity index (χ1n) is 11.3. The number of aryl methyl sites for hydroxylation is 2. The molecule has 1 aromatic carbocycles. The summed E-state index contributed by atoms with van der Waals surface area (Å²) in [7, 11) is 0. The van der Waals surface area contributed by atoms with Gasteiger partial charge in [-0.05, 0) is 74.3 Å². The number of nitrogens with zero attached hydrogens (tertiary/aromatic N) is 1. The number of fused-ring (bicyclic) bond motifs is 1. The Labute approximate surface area is 184 Å². The number of hydrogen-bond donors (Lipinski definition) is 2. The number of ether oxygens (including phenoxy) is 1. The first kappa shape index (κ1) is 21.3. The SMILES string of the molecule is Cc1ccc2cc(CN(C(=S)NCC3CCCO3)C3CCCCC3)c(=O)[nH]c2c1C. The number of aromatic amines is 1. The monoisotopic (exact) mass is 427 g/mol. The molecule has 1 aliphatic carbocycles. The van der Waals surface area contributed by atoms with Crippen LogP contribution in [0, 0.1) is 13.8 Å². The van der Waals surface area contributed by atoms with Crippen molar-refractivity contribution < 1.29 is 4.74 Å². The van der Waals surface area contributed by atoms with Gasteiger partial charge < -0.3 is 19.9 Å². The molecule has 6 heteroatoms. The van der Waals surface area contributed by atoms with E-state index in [0.717, 1.165) is 66.0 Å². The van der Waals surface area contributed by atoms with Crippen LogP contribution < -0.4 is 10.9 Å². The summed E-state index contributed by atoms with van der Waals surface area (Å²) in [4.78, 5) is 18.3. The predicted molar refractivity (Wildman–Crippen MR) is 126 cm³/mol. The minimum absolute atomic E-state index is 0.0149. The summed E-state index contributed by atoms with van der Waals surface area (Å²) in [6.07, 6.45) is 8.45. The van der Waals surface area contributed by atoms with Gasteiger partial charge >= 0.3 is 0 Å². The van der Waals surface area contributed by atoms with E-state index in [2.05, 4.69) is 41.2 Å². The average molecular weight is 428 g/mol. The van der Waals surface area contributed by atoms with Gasteiger partial charge in [-0.1, -0.05) is 31.4 Å². The van der Waals surface area contributed by atoms with Crippen molar-refractivity contribution in [1.82, 2.24) is 15.2 Å². The van der Waals surface area contributed by atoms with Crippen LogP contribution in [0.25, 0.3) is 10.9 Å². The third kappa shape index (κ3) is 4.70. The highest BCUT2D eigenvalue weighted by Crippen LogP contribution is 2.25. The van der Waals surface area contributed by atoms with Gasteiger partial charge in [-0.2, -0.15) is 0 Å². The molecule has 0 bridgehead atoms. The normalized spacial score (nSPS) is 19.9. The van der Waals surface area contributed by atoms with Crippen molar-refractivity contribution in [3.8, 4) is 0 Å². The molecule has 30 heavy (non-hydrogen) atoms. The standard InChI is InChI=1S/C24H33N3O2S/c1-16-10-11-18-13-19(23(28)26-22(18)17(16)2)15-27(20-7-4-3-5-8-20)24(30)25-14-21-9-6-12-29-21/h10-11,13,20-21H,3-9,12,14-15H2,1-2H3,(H,25,30)(H,26,28). The molecule has 5 nitrogen and oxygen atoms in total. The minimum Gasteiger partial charge on any atom is -0.376 e. The number of aromatic nitrogens is 1. The summed E-state index contributed by atoms with van der Waals surface area (Å²) in [5.41, 5.74) is 4.02. The Morgan fingerprint density at radius 1 is 1.20 bits per heavy atom. The Balaban J connectivity index is 1.57. The zero-order valence-electron chi connectivity index (χ0n) is 18.1. The zero-order chi connectivity index (χ0) is 21.1. The zero-order valence-corrected chi connectivity index (χ0v) is 18.9. The molecule has 1 aliphatic heterocycles. The molecule has 2 fully saturated rings. The molecule has 1 unspecified atom stereocenters. The summed E-state index contributed by atoms with van der Waals surface area (Å²) in [5, 5.41) is 5.26. The second-order valence-electron chi connectivity index (χ2n) is 8.84. The number of rotatable bonds is 5. The van der Waals surface area contributed by atoms with Crippen molar-refractivity contribution >= 4 is 28.2 Å². The van der Waals surface area contributed by atoms with Crippen molar-refractivity contribution in [2.75, 3.05) is 13.2 Å². The molecule has 1 aromatic heterocycles. The maximum atomic E-state index is 12.9. The van der Waals surface area contributed by atoms with E-state index in [4.69, 9.17) is 17.0 Å². The molecule has 1 atom stereocenters. The largest absolute Gasteiger partial charge is 0.376 e. The molecular weight excluding hydrogens is 394 g/mol. The maximum Gasteiger partial charge on any atom is 0.253 e. The number of H-pyrrole nitrogens is 1. The van der Waals surface area contributed by atoms with Crippen LogP contribution in [-0.4, -0.2) is 40.3 Å². The lowest BCUT2D eigenvalue weighted by molar-refractivity contribution is 0.112. The van der Waals surface area contributed by atoms with Crippen LogP contribution >= 0.6 is 12.2 Å². The molecule has 0 radical (unpaired) electrons. The number of hydrogen-bond acceptors (Lipinski definition) is 3. The Morgan fingerprint density at radius 2 is 2.00 bits per heavy atom. The molecule has 4 rings (SSSR count). The third-order valence-corrected chi connectivity index (χ3v) is 7.13. The lowest BCUT2D eigenvalue weighted by Crippen LogP contribution is -2.48. The fourth-order valence-electron chi connectivity index (χ4n) is 4.74. The fourth-order valence-corrected chi connectivity index (χ4v) is 5.04. The van der Waals surface area contributed by atoms with Gasteiger partial charge in [-0.15, -0.1) is 0 Å². The second kappa shape index (κ2) is 9.48. The molecule has 2 aliphatic rings. The van der Waals surface area contributed by atoms with Gasteiger partial charge in [0.2, 0.25) is 0 Å². The highest BCUT2D eigenvalue weighted by Gasteiger charge is 2.25. The van der Waals surface area contributed by atoms with Crippen LogP contribution in [0.4, 0.5) is 0 Å². The molecule has 1 saturated heterocycles. The van der Waals surface area contributed by atoms with E-state index in [0.29, 0.717) is 12.6 Å². The summed E-state index contributed by atoms with van der Waals surface area (Å²) in [6.45, 7) is 6.27. The summed E-state index contributed by atoms with van der Waals surface area (Å²) < 4.78 is 5.74. The Kier molecular flexibility index (Phi) is 6.74. The summed E-state index contributed by atoms with van der Waals surface area (Å²) in [6, 6.07) is 6.64. The Hall–Kier alpha value is -1.92. The van der Waals surface area contributed by atoms with E-state index in [9.17, 15) is 4.79 Å². The molecule has 1 saturated carbocycles. The predicted octanol–water partition coefficient (Wildman–Crippen LogP) is 4.33. The number of benzene rings is 1. The van der Waals surface area contributed by atoms with Gasteiger partial charge in [-0.3, -0.25) is 4.79 Å². The van der Waals surface area contributed by atoms with Crippen LogP contribution in [0.5, 0.6) is 0 Å². The van der Waals surface area contributed by atoms with Crippen LogP contribution in [0.1, 0.15) is 61.6 Å². The molecule has 2 aromatic rings. The van der Waals surface area contributed by atoms with Crippen molar-refractivity contribution in [2.45, 2.75) is 77.5 Å². The average Bonchev–Trinajstić information content (AvgIpc) is 3.28. The molecule has 2 heterocycles. The lowest BCUT2D eigenvalue weighted by atomic mass is 9.94. The third-order valence-electron chi connectivity index (χ3n) is 6.75. The number of thiocarbonyl (C=S) groups is 1. The van der Waals surface area contributed by atoms with Crippen molar-refractivity contribution in [1.29, 1.82) is 0 Å². The van der Waals surface area contributed by atoms with Gasteiger partial charge in [0.25, 0.3) is 5.56 Å². The van der Waals surface area contributed by atoms with Crippen molar-refractivity contribution in [2.24, 2.45) is 0 Å². The van der Waals surface area contributed by atoms with Crippen LogP contribution in [0.3, 0.4) is 0 Å². The fraction of sp³-hybridized carbons (Fsp3) is 0.583. The van der Waals surface area contributed by atoms with Crippen LogP contribution in [0.15, 0.2) is 23.0 Å². The maximum absolute atomic E-state index is 12.9. The molecular formula is C24H33N3O2S. The Morgan fingerprint density at radius 3 is 2.73 bits per heavy atom. The van der Waals surface area contributed by atoms with Gasteiger partial charge in [0.1, 0.15) is 0 Å². The van der Waals surface area contributed by atoms with Gasteiger partial charge in [-0.25, -0.2) is 0 Å². The van der Waals surface area contributed by atoms with Gasteiger partial charge in [0.15, 0.2) is 5.11 Å². The van der Waals surface area contributed by atoms with Crippen LogP contribution in [-0.2, 0) is 11.3 Å². The highest BCUT2D eigenvalue weighted by atomic mass is 32.1. The second-order valence-corrected chi connectivity index (χ2v) is 9.22. The van der Waals surface area contributed by atoms with E-state index in [-0.39, 0.29) is 11.7 Å².